The molecule has 0 unspecified atom stereocenters. The zero-order chi connectivity index (χ0) is 32.1. The second-order valence-corrected chi connectivity index (χ2v) is 13.4. The summed E-state index contributed by atoms with van der Waals surface area (Å²) in [6, 6.07) is 21.2. The fourth-order valence-corrected chi connectivity index (χ4v) is 7.44. The Bertz CT molecular complexity index is 1660. The number of rotatable bonds is 9. The molecule has 6 rings (SSSR count). The highest BCUT2D eigenvalue weighted by Crippen LogP contribution is 2.33. The molecule has 0 atom stereocenters. The Kier molecular flexibility index (Phi) is 9.78. The number of nitriles is 1. The molecule has 240 valence electrons. The van der Waals surface area contributed by atoms with Crippen LogP contribution in [0.25, 0.3) is 10.2 Å². The normalized spacial score (nSPS) is 19.1. The van der Waals surface area contributed by atoms with Gasteiger partial charge < -0.3 is 15.0 Å². The van der Waals surface area contributed by atoms with Crippen LogP contribution in [0.5, 0.6) is 5.75 Å². The Labute approximate surface area is 271 Å². The van der Waals surface area contributed by atoms with Gasteiger partial charge in [0.15, 0.2) is 5.01 Å². The molecule has 2 aliphatic rings. The predicted octanol–water partition coefficient (Wildman–Crippen LogP) is 8.55. The van der Waals surface area contributed by atoms with Gasteiger partial charge in [0, 0.05) is 37.7 Å². The van der Waals surface area contributed by atoms with Crippen LogP contribution in [0.3, 0.4) is 0 Å². The van der Waals surface area contributed by atoms with Gasteiger partial charge in [0.1, 0.15) is 11.9 Å². The molecule has 6 nitrogen and oxygen atoms in total. The van der Waals surface area contributed by atoms with E-state index in [4.69, 9.17) is 10.00 Å². The van der Waals surface area contributed by atoms with Crippen LogP contribution in [0.2, 0.25) is 0 Å². The molecule has 4 aromatic rings. The van der Waals surface area contributed by atoms with Crippen molar-refractivity contribution < 1.29 is 22.7 Å². The average Bonchev–Trinajstić information content (AvgIpc) is 3.50. The van der Waals surface area contributed by atoms with Crippen LogP contribution >= 0.6 is 11.3 Å². The van der Waals surface area contributed by atoms with Crippen molar-refractivity contribution in [2.45, 2.75) is 76.1 Å². The van der Waals surface area contributed by atoms with Crippen molar-refractivity contribution >= 4 is 33.1 Å². The third-order valence-electron chi connectivity index (χ3n) is 9.20. The van der Waals surface area contributed by atoms with Gasteiger partial charge in [-0.3, -0.25) is 4.79 Å². The van der Waals surface area contributed by atoms with E-state index >= 15 is 0 Å². The van der Waals surface area contributed by atoms with Gasteiger partial charge in [0.05, 0.1) is 27.4 Å². The second-order valence-electron chi connectivity index (χ2n) is 12.4. The summed E-state index contributed by atoms with van der Waals surface area (Å²) in [5.41, 5.74) is 2.88. The Balaban J connectivity index is 0.940. The number of hydrogen-bond donors (Lipinski definition) is 1. The number of halogens is 3. The number of nitrogens with one attached hydrogen (secondary N) is 1. The third-order valence-corrected chi connectivity index (χ3v) is 10.2. The second kappa shape index (κ2) is 14.1. The summed E-state index contributed by atoms with van der Waals surface area (Å²) in [4.78, 5) is 19.7. The molecule has 1 aromatic heterocycles. The first kappa shape index (κ1) is 31.9. The van der Waals surface area contributed by atoms with E-state index in [1.54, 1.807) is 0 Å². The molecule has 1 N–H and O–H groups in total. The average molecular weight is 647 g/mol. The van der Waals surface area contributed by atoms with Crippen LogP contribution in [0.4, 0.5) is 18.9 Å². The van der Waals surface area contributed by atoms with Gasteiger partial charge in [0.25, 0.3) is 5.91 Å². The number of ether oxygens (including phenoxy) is 1. The molecule has 0 radical (unpaired) electrons. The Morgan fingerprint density at radius 1 is 0.978 bits per heavy atom. The molecule has 46 heavy (non-hydrogen) atoms. The maximum Gasteiger partial charge on any atom is 0.416 e. The number of aromatic nitrogens is 1. The summed E-state index contributed by atoms with van der Waals surface area (Å²) in [5, 5.41) is 12.6. The van der Waals surface area contributed by atoms with Crippen LogP contribution in [-0.4, -0.2) is 36.1 Å². The number of fused-ring (bicyclic) bond motifs is 1. The van der Waals surface area contributed by atoms with Gasteiger partial charge >= 0.3 is 6.18 Å². The van der Waals surface area contributed by atoms with Crippen molar-refractivity contribution in [1.29, 1.82) is 5.26 Å². The van der Waals surface area contributed by atoms with Crippen molar-refractivity contribution in [1.82, 2.24) is 10.3 Å². The molecule has 0 bridgehead atoms. The summed E-state index contributed by atoms with van der Waals surface area (Å²) in [7, 11) is 0. The number of nitrogens with zero attached hydrogens (tertiary/aromatic N) is 3. The van der Waals surface area contributed by atoms with Crippen molar-refractivity contribution in [3.8, 4) is 11.8 Å². The van der Waals surface area contributed by atoms with Crippen LogP contribution in [-0.2, 0) is 12.6 Å². The van der Waals surface area contributed by atoms with Crippen LogP contribution in [0.15, 0.2) is 66.7 Å². The molecular weight excluding hydrogens is 609 g/mol. The number of thiazole rings is 1. The van der Waals surface area contributed by atoms with Crippen LogP contribution in [0, 0.1) is 17.2 Å². The first-order valence-corrected chi connectivity index (χ1v) is 16.8. The largest absolute Gasteiger partial charge is 0.490 e. The van der Waals surface area contributed by atoms with Crippen molar-refractivity contribution in [3.63, 3.8) is 0 Å². The monoisotopic (exact) mass is 646 g/mol. The van der Waals surface area contributed by atoms with Gasteiger partial charge in [-0.25, -0.2) is 4.98 Å². The van der Waals surface area contributed by atoms with E-state index in [-0.39, 0.29) is 18.1 Å². The van der Waals surface area contributed by atoms with E-state index in [2.05, 4.69) is 21.3 Å². The Hall–Kier alpha value is -4.10. The summed E-state index contributed by atoms with van der Waals surface area (Å²) < 4.78 is 45.8. The van der Waals surface area contributed by atoms with E-state index in [0.29, 0.717) is 29.6 Å². The minimum Gasteiger partial charge on any atom is -0.490 e. The maximum absolute atomic E-state index is 13.1. The van der Waals surface area contributed by atoms with Gasteiger partial charge in [-0.1, -0.05) is 18.6 Å². The molecule has 1 amide bonds. The molecule has 0 spiro atoms. The molecular formula is C36H37F3N4O2S. The smallest absolute Gasteiger partial charge is 0.416 e. The summed E-state index contributed by atoms with van der Waals surface area (Å²) in [5.74, 6) is 1.29. The molecule has 1 aliphatic carbocycles. The molecule has 2 fully saturated rings. The lowest BCUT2D eigenvalue weighted by Gasteiger charge is -2.33. The highest BCUT2D eigenvalue weighted by atomic mass is 32.1. The number of benzene rings is 3. The standard InChI is InChI=1S/C36H37F3N4O2S/c37-36(38,39)27-10-14-29(15-11-27)43-20-18-30(19-21-43)45-31-16-17-32-33(22-31)46-35(42-32)34(44)41-28-12-8-25(9-13-28)3-1-2-24-4-6-26(23-40)7-5-24/h4-7,10-11,14-17,22,25,28,30H,1-3,8-9,12-13,18-21H2,(H,41,44). The highest BCUT2D eigenvalue weighted by molar-refractivity contribution is 7.20. The van der Waals surface area contributed by atoms with Crippen LogP contribution < -0.4 is 15.0 Å². The lowest BCUT2D eigenvalue weighted by molar-refractivity contribution is -0.137. The lowest BCUT2D eigenvalue weighted by atomic mass is 9.83. The molecule has 1 aliphatic heterocycles. The number of piperidine rings is 1. The van der Waals surface area contributed by atoms with Gasteiger partial charge in [0.2, 0.25) is 0 Å². The number of hydrogen-bond acceptors (Lipinski definition) is 6. The predicted molar refractivity (Wildman–Crippen MR) is 174 cm³/mol. The van der Waals surface area contributed by atoms with Crippen LogP contribution in [0.1, 0.15) is 77.9 Å². The summed E-state index contributed by atoms with van der Waals surface area (Å²) in [6.07, 6.45) is 4.71. The maximum atomic E-state index is 13.1. The topological polar surface area (TPSA) is 78.2 Å². The zero-order valence-corrected chi connectivity index (χ0v) is 26.4. The minimum absolute atomic E-state index is 0.00457. The van der Waals surface area contributed by atoms with E-state index in [1.807, 2.05) is 42.5 Å². The van der Waals surface area contributed by atoms with Crippen molar-refractivity contribution in [2.24, 2.45) is 5.92 Å². The lowest BCUT2D eigenvalue weighted by Crippen LogP contribution is -2.38. The van der Waals surface area contributed by atoms with Crippen molar-refractivity contribution in [3.05, 3.63) is 88.4 Å². The first-order chi connectivity index (χ1) is 22.2. The summed E-state index contributed by atoms with van der Waals surface area (Å²) in [6.45, 7) is 1.40. The fourth-order valence-electron chi connectivity index (χ4n) is 6.54. The third kappa shape index (κ3) is 8.00. The molecule has 2 heterocycles. The molecule has 10 heteroatoms. The SMILES string of the molecule is N#Cc1ccc(CCCC2CCC(NC(=O)c3nc4ccc(OC5CCN(c6ccc(C(F)(F)F)cc6)CC5)cc4s3)CC2)cc1. The molecule has 1 saturated heterocycles. The fraction of sp³-hybridized carbons (Fsp3) is 0.417. The van der Waals surface area contributed by atoms with E-state index < -0.39 is 11.7 Å². The number of carbonyl (C=O) groups is 1. The number of anilines is 1. The quantitative estimate of drug-likeness (QED) is 0.197. The zero-order valence-electron chi connectivity index (χ0n) is 25.6. The minimum atomic E-state index is -4.33. The summed E-state index contributed by atoms with van der Waals surface area (Å²) >= 11 is 1.37. The number of carbonyl (C=O) groups excluding carboxylic acids is 1. The molecule has 3 aromatic carbocycles. The molecule has 1 saturated carbocycles. The van der Waals surface area contributed by atoms with Gasteiger partial charge in [-0.05, 0) is 105 Å². The van der Waals surface area contributed by atoms with E-state index in [9.17, 15) is 18.0 Å². The van der Waals surface area contributed by atoms with Gasteiger partial charge in [-0.2, -0.15) is 18.4 Å². The van der Waals surface area contributed by atoms with E-state index in [1.165, 1.54) is 35.5 Å². The highest BCUT2D eigenvalue weighted by Gasteiger charge is 2.30. The number of alkyl halides is 3. The first-order valence-electron chi connectivity index (χ1n) is 16.0. The number of aryl methyl sites for hydroxylation is 1. The van der Waals surface area contributed by atoms with Gasteiger partial charge in [-0.15, -0.1) is 11.3 Å². The van der Waals surface area contributed by atoms with E-state index in [0.717, 1.165) is 85.2 Å². The number of amides is 1. The Morgan fingerprint density at radius 2 is 1.70 bits per heavy atom. The van der Waals surface area contributed by atoms with Crippen molar-refractivity contribution in [2.75, 3.05) is 18.0 Å². The Morgan fingerprint density at radius 3 is 2.37 bits per heavy atom.